The monoisotopic (exact) mass is 903 g/mol. The van der Waals surface area contributed by atoms with Crippen LogP contribution in [0.3, 0.4) is 0 Å². The Morgan fingerprint density at radius 2 is 1.55 bits per heavy atom. The number of nitrogens with zero attached hydrogens (tertiary/aromatic N) is 4. The van der Waals surface area contributed by atoms with Gasteiger partial charge in [-0.25, -0.2) is 26.6 Å². The summed E-state index contributed by atoms with van der Waals surface area (Å²) in [6, 6.07) is 10.3. The maximum atomic E-state index is 15.6. The maximum Gasteiger partial charge on any atom is 0.264 e. The Morgan fingerprint density at radius 3 is 2.25 bits per heavy atom. The summed E-state index contributed by atoms with van der Waals surface area (Å²) in [6.07, 6.45) is 6.52. The molecule has 15 nitrogen and oxygen atoms in total. The van der Waals surface area contributed by atoms with E-state index in [0.717, 1.165) is 43.2 Å². The number of aryl methyl sites for hydroxylation is 1. The number of carbonyl (C=O) groups is 4. The smallest absolute Gasteiger partial charge is 0.264 e. The lowest BCUT2D eigenvalue weighted by molar-refractivity contribution is -0.136. The summed E-state index contributed by atoms with van der Waals surface area (Å²) in [6.45, 7) is 9.08. The fraction of sp³-hybridized carbons (Fsp3) is 0.422. The molecule has 4 heterocycles. The number of fused-ring (bicyclic) bond motifs is 1. The number of benzene rings is 3. The van der Waals surface area contributed by atoms with Crippen molar-refractivity contribution in [2.24, 2.45) is 0 Å². The van der Waals surface area contributed by atoms with Crippen molar-refractivity contribution in [3.63, 3.8) is 0 Å². The first-order chi connectivity index (χ1) is 30.4. The van der Waals surface area contributed by atoms with Crippen molar-refractivity contribution < 1.29 is 40.8 Å². The molecule has 0 saturated carbocycles. The number of hydrogen-bond donors (Lipinski definition) is 5. The van der Waals surface area contributed by atoms with Gasteiger partial charge in [0.15, 0.2) is 0 Å². The third kappa shape index (κ3) is 10.1. The van der Waals surface area contributed by atoms with Crippen LogP contribution in [-0.2, 0) is 19.6 Å². The summed E-state index contributed by atoms with van der Waals surface area (Å²) >= 11 is 0. The van der Waals surface area contributed by atoms with Crippen molar-refractivity contribution in [2.75, 3.05) is 46.9 Å². The van der Waals surface area contributed by atoms with Gasteiger partial charge in [0.05, 0.1) is 21.6 Å². The molecule has 0 radical (unpaired) electrons. The van der Waals surface area contributed by atoms with E-state index in [0.29, 0.717) is 55.2 Å². The van der Waals surface area contributed by atoms with Gasteiger partial charge in [-0.1, -0.05) is 18.9 Å². The van der Waals surface area contributed by atoms with Crippen molar-refractivity contribution in [3.05, 3.63) is 94.4 Å². The Bertz CT molecular complexity index is 2560. The van der Waals surface area contributed by atoms with Crippen LogP contribution in [0.25, 0.3) is 0 Å². The number of imide groups is 2. The highest BCUT2D eigenvalue weighted by atomic mass is 32.2. The Balaban J connectivity index is 0.852. The Labute approximate surface area is 370 Å². The highest BCUT2D eigenvalue weighted by Gasteiger charge is 2.45. The molecule has 64 heavy (non-hydrogen) atoms. The average Bonchev–Trinajstić information content (AvgIpc) is 3.48. The van der Waals surface area contributed by atoms with Gasteiger partial charge >= 0.3 is 0 Å². The fourth-order valence-electron chi connectivity index (χ4n) is 8.06. The number of piperidine rings is 2. The van der Waals surface area contributed by atoms with Gasteiger partial charge in [-0.2, -0.15) is 4.98 Å². The summed E-state index contributed by atoms with van der Waals surface area (Å²) in [5.41, 5.74) is 1.88. The molecule has 0 aliphatic carbocycles. The number of rotatable bonds is 16. The lowest BCUT2D eigenvalue weighted by Crippen LogP contribution is -2.54. The average molecular weight is 904 g/mol. The number of sulfonamides is 1. The molecule has 5 N–H and O–H groups in total. The molecule has 3 aliphatic rings. The van der Waals surface area contributed by atoms with Crippen molar-refractivity contribution in [1.29, 1.82) is 0 Å². The van der Waals surface area contributed by atoms with E-state index in [1.807, 2.05) is 0 Å². The predicted octanol–water partition coefficient (Wildman–Crippen LogP) is 7.48. The summed E-state index contributed by atoms with van der Waals surface area (Å²) in [5, 5.41) is 11.4. The lowest BCUT2D eigenvalue weighted by Gasteiger charge is -2.32. The third-order valence-electron chi connectivity index (χ3n) is 11.8. The van der Waals surface area contributed by atoms with E-state index in [4.69, 9.17) is 0 Å². The number of amides is 4. The number of likely N-dealkylation sites (tertiary alicyclic amines) is 1. The molecule has 1 aromatic heterocycles. The number of hydrogen-bond acceptors (Lipinski definition) is 12. The quantitative estimate of drug-likeness (QED) is 0.0551. The van der Waals surface area contributed by atoms with Crippen LogP contribution in [-0.4, -0.2) is 88.8 Å². The SMILES string of the molecule is Cc1cnc(Nc2cc(F)c(C3CCN(CCCCCCNc4cccc5c4C(=O)N(C4CCC(=O)NC4=O)C5=O)CC3)c(F)c2)nc1Nc1ccc(F)c(NS(=O)(=O)C(C)(C)C)c1. The van der Waals surface area contributed by atoms with Gasteiger partial charge < -0.3 is 20.9 Å². The Morgan fingerprint density at radius 1 is 0.828 bits per heavy atom. The number of anilines is 6. The summed E-state index contributed by atoms with van der Waals surface area (Å²) in [5.74, 6) is -4.18. The molecule has 2 saturated heterocycles. The second-order valence-electron chi connectivity index (χ2n) is 17.4. The maximum absolute atomic E-state index is 15.6. The van der Waals surface area contributed by atoms with Crippen LogP contribution in [0, 0.1) is 24.4 Å². The van der Waals surface area contributed by atoms with Gasteiger partial charge in [-0.15, -0.1) is 0 Å². The van der Waals surface area contributed by atoms with Crippen LogP contribution in [0.2, 0.25) is 0 Å². The normalized spacial score (nSPS) is 17.4. The van der Waals surface area contributed by atoms with E-state index in [2.05, 4.69) is 40.9 Å². The van der Waals surface area contributed by atoms with Crippen LogP contribution in [0.4, 0.5) is 47.7 Å². The first-order valence-corrected chi connectivity index (χ1v) is 22.9. The van der Waals surface area contributed by atoms with Gasteiger partial charge in [0.2, 0.25) is 27.8 Å². The Kier molecular flexibility index (Phi) is 13.6. The van der Waals surface area contributed by atoms with Gasteiger partial charge in [-0.3, -0.25) is 34.1 Å². The van der Waals surface area contributed by atoms with Crippen molar-refractivity contribution in [1.82, 2.24) is 25.1 Å². The van der Waals surface area contributed by atoms with Gasteiger partial charge in [0.1, 0.15) is 29.3 Å². The molecular weight excluding hydrogens is 852 g/mol. The minimum absolute atomic E-state index is 0.0496. The number of carbonyl (C=O) groups excluding carboxylic acids is 4. The molecule has 7 rings (SSSR count). The largest absolute Gasteiger partial charge is 0.384 e. The number of nitrogens with one attached hydrogen (secondary N) is 5. The van der Waals surface area contributed by atoms with Crippen LogP contribution in [0.1, 0.15) is 110 Å². The van der Waals surface area contributed by atoms with Crippen molar-refractivity contribution in [3.8, 4) is 0 Å². The molecule has 0 spiro atoms. The van der Waals surface area contributed by atoms with E-state index in [-0.39, 0.29) is 52.8 Å². The van der Waals surface area contributed by atoms with Gasteiger partial charge in [0, 0.05) is 47.4 Å². The first kappa shape index (κ1) is 45.9. The molecule has 1 atom stereocenters. The minimum Gasteiger partial charge on any atom is -0.384 e. The number of unbranched alkanes of at least 4 members (excludes halogenated alkanes) is 3. The summed E-state index contributed by atoms with van der Waals surface area (Å²) < 4.78 is 72.2. The van der Waals surface area contributed by atoms with Crippen LogP contribution < -0.4 is 26.0 Å². The van der Waals surface area contributed by atoms with Crippen LogP contribution in [0.5, 0.6) is 0 Å². The summed E-state index contributed by atoms with van der Waals surface area (Å²) in [7, 11) is -3.90. The standard InChI is InChI=1S/C45H52F3N9O6S/c1-26-25-50-44(54-40(26)51-28-12-13-31(46)35(24-28)55-64(62,63)45(2,3)4)52-29-22-32(47)38(33(48)23-29)27-16-20-56(21-17-27)19-8-6-5-7-18-49-34-11-9-10-30-39(34)43(61)57(42(30)60)36-14-15-37(58)53-41(36)59/h9-13,22-25,27,36,49,55H,5-8,14-21H2,1-4H3,(H,53,58,59)(H2,50,51,52,54). The molecule has 1 unspecified atom stereocenters. The molecule has 4 aromatic rings. The zero-order valence-electron chi connectivity index (χ0n) is 36.1. The predicted molar refractivity (Wildman–Crippen MR) is 237 cm³/mol. The Hall–Kier alpha value is -6.08. The van der Waals surface area contributed by atoms with Crippen molar-refractivity contribution >= 4 is 68.2 Å². The van der Waals surface area contributed by atoms with E-state index in [1.54, 1.807) is 25.1 Å². The van der Waals surface area contributed by atoms with E-state index >= 15 is 8.78 Å². The van der Waals surface area contributed by atoms with E-state index in [9.17, 15) is 32.0 Å². The topological polar surface area (TPSA) is 195 Å². The van der Waals surface area contributed by atoms with E-state index < -0.39 is 61.9 Å². The molecule has 3 aromatic carbocycles. The molecule has 340 valence electrons. The molecule has 19 heteroatoms. The molecule has 4 amide bonds. The van der Waals surface area contributed by atoms with Crippen LogP contribution in [0.15, 0.2) is 54.7 Å². The highest BCUT2D eigenvalue weighted by molar-refractivity contribution is 7.94. The van der Waals surface area contributed by atoms with Crippen LogP contribution >= 0.6 is 0 Å². The molecule has 0 bridgehead atoms. The third-order valence-corrected chi connectivity index (χ3v) is 13.9. The van der Waals surface area contributed by atoms with Gasteiger partial charge in [0.25, 0.3) is 11.8 Å². The summed E-state index contributed by atoms with van der Waals surface area (Å²) in [4.78, 5) is 62.4. The number of aromatic nitrogens is 2. The second kappa shape index (κ2) is 18.9. The fourth-order valence-corrected chi connectivity index (χ4v) is 8.82. The molecule has 3 aliphatic heterocycles. The lowest BCUT2D eigenvalue weighted by atomic mass is 9.88. The van der Waals surface area contributed by atoms with Gasteiger partial charge in [-0.05, 0) is 128 Å². The second-order valence-corrected chi connectivity index (χ2v) is 19.8. The zero-order chi connectivity index (χ0) is 45.9. The molecule has 2 fully saturated rings. The number of halogens is 3. The minimum atomic E-state index is -3.90. The zero-order valence-corrected chi connectivity index (χ0v) is 36.9. The van der Waals surface area contributed by atoms with Crippen molar-refractivity contribution in [2.45, 2.75) is 95.8 Å². The first-order valence-electron chi connectivity index (χ1n) is 21.4. The van der Waals surface area contributed by atoms with E-state index in [1.165, 1.54) is 51.2 Å². The molecular formula is C45H52F3N9O6S. The highest BCUT2D eigenvalue weighted by Crippen LogP contribution is 2.35.